The van der Waals surface area contributed by atoms with Crippen LogP contribution in [-0.4, -0.2) is 16.8 Å². The predicted octanol–water partition coefficient (Wildman–Crippen LogP) is 1.74. The lowest BCUT2D eigenvalue weighted by Crippen LogP contribution is -2.10. The van der Waals surface area contributed by atoms with Gasteiger partial charge in [0.05, 0.1) is 6.10 Å². The average molecular weight is 180 g/mol. The van der Waals surface area contributed by atoms with Crippen molar-refractivity contribution in [1.29, 1.82) is 0 Å². The molecule has 0 aliphatic rings. The van der Waals surface area contributed by atoms with E-state index >= 15 is 0 Å². The van der Waals surface area contributed by atoms with Gasteiger partial charge in [0.25, 0.3) is 0 Å². The number of hydrogen-bond donors (Lipinski definition) is 2. The van der Waals surface area contributed by atoms with Crippen LogP contribution in [0, 0.1) is 5.92 Å². The van der Waals surface area contributed by atoms with E-state index < -0.39 is 6.10 Å². The maximum absolute atomic E-state index is 9.81. The molecular weight excluding hydrogens is 164 g/mol. The molecule has 0 unspecified atom stereocenters. The van der Waals surface area contributed by atoms with Crippen molar-refractivity contribution in [2.24, 2.45) is 5.92 Å². The first-order chi connectivity index (χ1) is 6.25. The van der Waals surface area contributed by atoms with Crippen molar-refractivity contribution in [3.8, 4) is 0 Å². The second kappa shape index (κ2) is 5.00. The van der Waals surface area contributed by atoms with Gasteiger partial charge in [-0.15, -0.1) is 0 Å². The van der Waals surface area contributed by atoms with Crippen LogP contribution in [0.15, 0.2) is 30.3 Å². The van der Waals surface area contributed by atoms with E-state index in [2.05, 4.69) is 0 Å². The van der Waals surface area contributed by atoms with Gasteiger partial charge in [-0.25, -0.2) is 0 Å². The Labute approximate surface area is 78.8 Å². The van der Waals surface area contributed by atoms with Crippen molar-refractivity contribution < 1.29 is 10.2 Å². The lowest BCUT2D eigenvalue weighted by Gasteiger charge is -2.17. The summed E-state index contributed by atoms with van der Waals surface area (Å²) < 4.78 is 0. The smallest absolute Gasteiger partial charge is 0.0816 e. The van der Waals surface area contributed by atoms with Gasteiger partial charge in [0.15, 0.2) is 0 Å². The molecule has 0 saturated heterocycles. The van der Waals surface area contributed by atoms with Crippen LogP contribution >= 0.6 is 0 Å². The lowest BCUT2D eigenvalue weighted by atomic mass is 9.95. The number of aliphatic hydroxyl groups is 2. The molecule has 2 heteroatoms. The highest BCUT2D eigenvalue weighted by atomic mass is 16.3. The summed E-state index contributed by atoms with van der Waals surface area (Å²) in [6.07, 6.45) is 0.170. The molecule has 0 bridgehead atoms. The molecule has 0 aromatic heterocycles. The Morgan fingerprint density at radius 1 is 1.23 bits per heavy atom. The van der Waals surface area contributed by atoms with E-state index in [1.54, 1.807) is 0 Å². The third kappa shape index (κ3) is 2.83. The van der Waals surface area contributed by atoms with Crippen LogP contribution in [0.1, 0.15) is 25.0 Å². The van der Waals surface area contributed by atoms with E-state index in [4.69, 9.17) is 5.11 Å². The van der Waals surface area contributed by atoms with E-state index in [-0.39, 0.29) is 12.5 Å². The van der Waals surface area contributed by atoms with Crippen molar-refractivity contribution in [3.05, 3.63) is 35.9 Å². The van der Waals surface area contributed by atoms with E-state index in [0.717, 1.165) is 5.56 Å². The van der Waals surface area contributed by atoms with Gasteiger partial charge in [-0.2, -0.15) is 0 Å². The molecule has 0 amide bonds. The number of hydrogen-bond acceptors (Lipinski definition) is 2. The molecule has 1 aromatic rings. The lowest BCUT2D eigenvalue weighted by molar-refractivity contribution is 0.0991. The summed E-state index contributed by atoms with van der Waals surface area (Å²) in [5.41, 5.74) is 0.920. The number of rotatable bonds is 4. The van der Waals surface area contributed by atoms with E-state index in [0.29, 0.717) is 6.42 Å². The van der Waals surface area contributed by atoms with Crippen LogP contribution in [0.5, 0.6) is 0 Å². The molecule has 0 heterocycles. The molecule has 2 atom stereocenters. The highest BCUT2D eigenvalue weighted by Gasteiger charge is 2.14. The molecule has 1 aromatic carbocycles. The summed E-state index contributed by atoms with van der Waals surface area (Å²) in [5.74, 6) is 0.104. The largest absolute Gasteiger partial charge is 0.396 e. The summed E-state index contributed by atoms with van der Waals surface area (Å²) in [6, 6.07) is 9.54. The van der Waals surface area contributed by atoms with Gasteiger partial charge in [0.1, 0.15) is 0 Å². The zero-order chi connectivity index (χ0) is 9.68. The Kier molecular flexibility index (Phi) is 3.93. The maximum Gasteiger partial charge on any atom is 0.0816 e. The SMILES string of the molecule is C[C@H](CCO)[C@@H](O)c1ccccc1. The van der Waals surface area contributed by atoms with Crippen molar-refractivity contribution in [1.82, 2.24) is 0 Å². The highest BCUT2D eigenvalue weighted by molar-refractivity contribution is 5.17. The Bertz CT molecular complexity index is 233. The van der Waals surface area contributed by atoms with Crippen LogP contribution in [0.2, 0.25) is 0 Å². The van der Waals surface area contributed by atoms with Crippen LogP contribution in [-0.2, 0) is 0 Å². The Balaban J connectivity index is 2.62. The molecule has 0 aliphatic carbocycles. The fraction of sp³-hybridized carbons (Fsp3) is 0.455. The van der Waals surface area contributed by atoms with Crippen molar-refractivity contribution in [3.63, 3.8) is 0 Å². The Morgan fingerprint density at radius 2 is 1.85 bits per heavy atom. The Hall–Kier alpha value is -0.860. The molecule has 0 aliphatic heterocycles. The predicted molar refractivity (Wildman–Crippen MR) is 52.3 cm³/mol. The second-order valence-corrected chi connectivity index (χ2v) is 3.35. The summed E-state index contributed by atoms with van der Waals surface area (Å²) in [6.45, 7) is 2.07. The standard InChI is InChI=1S/C11H16O2/c1-9(7-8-12)11(13)10-5-3-2-4-6-10/h2-6,9,11-13H,7-8H2,1H3/t9-,11-/m1/s1. The number of aliphatic hydroxyl groups excluding tert-OH is 2. The van der Waals surface area contributed by atoms with Gasteiger partial charge in [-0.3, -0.25) is 0 Å². The van der Waals surface area contributed by atoms with Crippen LogP contribution in [0.4, 0.5) is 0 Å². The fourth-order valence-electron chi connectivity index (χ4n) is 1.34. The normalized spacial score (nSPS) is 15.3. The van der Waals surface area contributed by atoms with Crippen molar-refractivity contribution >= 4 is 0 Å². The molecule has 0 saturated carbocycles. The zero-order valence-corrected chi connectivity index (χ0v) is 7.85. The molecule has 1 rings (SSSR count). The summed E-state index contributed by atoms with van der Waals surface area (Å²) in [4.78, 5) is 0. The summed E-state index contributed by atoms with van der Waals surface area (Å²) in [7, 11) is 0. The molecule has 0 radical (unpaired) electrons. The molecular formula is C11H16O2. The van der Waals surface area contributed by atoms with E-state index in [9.17, 15) is 5.11 Å². The van der Waals surface area contributed by atoms with Gasteiger partial charge >= 0.3 is 0 Å². The minimum Gasteiger partial charge on any atom is -0.396 e. The molecule has 2 nitrogen and oxygen atoms in total. The van der Waals surface area contributed by atoms with E-state index in [1.165, 1.54) is 0 Å². The summed E-state index contributed by atoms with van der Waals surface area (Å²) in [5, 5.41) is 18.5. The third-order valence-corrected chi connectivity index (χ3v) is 2.26. The van der Waals surface area contributed by atoms with Crippen molar-refractivity contribution in [2.45, 2.75) is 19.4 Å². The first-order valence-corrected chi connectivity index (χ1v) is 4.59. The van der Waals surface area contributed by atoms with Gasteiger partial charge in [-0.05, 0) is 17.9 Å². The highest BCUT2D eigenvalue weighted by Crippen LogP contribution is 2.23. The number of benzene rings is 1. The van der Waals surface area contributed by atoms with Crippen molar-refractivity contribution in [2.75, 3.05) is 6.61 Å². The minimum absolute atomic E-state index is 0.104. The van der Waals surface area contributed by atoms with Gasteiger partial charge < -0.3 is 10.2 Å². The van der Waals surface area contributed by atoms with Crippen LogP contribution in [0.3, 0.4) is 0 Å². The molecule has 13 heavy (non-hydrogen) atoms. The minimum atomic E-state index is -0.464. The molecule has 0 spiro atoms. The van der Waals surface area contributed by atoms with Gasteiger partial charge in [0, 0.05) is 6.61 Å². The van der Waals surface area contributed by atoms with Gasteiger partial charge in [-0.1, -0.05) is 37.3 Å². The summed E-state index contributed by atoms with van der Waals surface area (Å²) >= 11 is 0. The fourth-order valence-corrected chi connectivity index (χ4v) is 1.34. The average Bonchev–Trinajstić information content (AvgIpc) is 2.18. The molecule has 2 N–H and O–H groups in total. The Morgan fingerprint density at radius 3 is 2.38 bits per heavy atom. The maximum atomic E-state index is 9.81. The topological polar surface area (TPSA) is 40.5 Å². The van der Waals surface area contributed by atoms with Crippen LogP contribution < -0.4 is 0 Å². The zero-order valence-electron chi connectivity index (χ0n) is 7.85. The van der Waals surface area contributed by atoms with E-state index in [1.807, 2.05) is 37.3 Å². The first kappa shape index (κ1) is 10.2. The second-order valence-electron chi connectivity index (χ2n) is 3.35. The first-order valence-electron chi connectivity index (χ1n) is 4.59. The molecule has 0 fully saturated rings. The quantitative estimate of drug-likeness (QED) is 0.741. The van der Waals surface area contributed by atoms with Crippen LogP contribution in [0.25, 0.3) is 0 Å². The third-order valence-electron chi connectivity index (χ3n) is 2.26. The van der Waals surface area contributed by atoms with Gasteiger partial charge in [0.2, 0.25) is 0 Å². The monoisotopic (exact) mass is 180 g/mol. The molecule has 72 valence electrons.